The fourth-order valence-electron chi connectivity index (χ4n) is 2.11. The van der Waals surface area contributed by atoms with Crippen LogP contribution in [0.1, 0.15) is 31.7 Å². The largest absolute Gasteiger partial charge is 0.133 e. The molecule has 1 aliphatic carbocycles. The highest BCUT2D eigenvalue weighted by Crippen LogP contribution is 2.38. The second kappa shape index (κ2) is 3.63. The molecular weight excluding hydrogens is 180 g/mol. The van der Waals surface area contributed by atoms with E-state index < -0.39 is 0 Å². The molecule has 1 aliphatic rings. The SMILES string of the molecule is CC1CCC[C+]1c1ccc(Cl)cc1. The van der Waals surface area contributed by atoms with E-state index in [2.05, 4.69) is 19.1 Å². The Kier molecular flexibility index (Phi) is 2.50. The molecule has 0 heterocycles. The standard InChI is InChI=1S/C12H14Cl/c1-9-3-2-4-12(9)10-5-7-11(13)8-6-10/h5-9H,2-4H2,1H3/q+1. The van der Waals surface area contributed by atoms with Crippen LogP contribution in [0.15, 0.2) is 24.3 Å². The zero-order valence-electron chi connectivity index (χ0n) is 7.89. The molecular formula is C12H14Cl+. The third-order valence-electron chi connectivity index (χ3n) is 2.89. The lowest BCUT2D eigenvalue weighted by Crippen LogP contribution is -2.02. The van der Waals surface area contributed by atoms with Gasteiger partial charge in [0.2, 0.25) is 0 Å². The van der Waals surface area contributed by atoms with Crippen LogP contribution < -0.4 is 0 Å². The molecule has 1 aromatic rings. The molecule has 1 atom stereocenters. The topological polar surface area (TPSA) is 0 Å². The van der Waals surface area contributed by atoms with E-state index in [4.69, 9.17) is 11.6 Å². The van der Waals surface area contributed by atoms with Crippen LogP contribution in [0.3, 0.4) is 0 Å². The molecule has 1 heteroatoms. The summed E-state index contributed by atoms with van der Waals surface area (Å²) < 4.78 is 0. The van der Waals surface area contributed by atoms with Crippen LogP contribution in [-0.2, 0) is 0 Å². The first-order valence-corrected chi connectivity index (χ1v) is 5.27. The summed E-state index contributed by atoms with van der Waals surface area (Å²) in [5.74, 6) is 2.37. The molecule has 1 saturated carbocycles. The molecule has 0 radical (unpaired) electrons. The van der Waals surface area contributed by atoms with Gasteiger partial charge < -0.3 is 0 Å². The quantitative estimate of drug-likeness (QED) is 0.590. The first-order valence-electron chi connectivity index (χ1n) is 4.89. The molecule has 1 unspecified atom stereocenters. The van der Waals surface area contributed by atoms with Crippen LogP contribution in [0, 0.1) is 11.8 Å². The predicted molar refractivity (Wildman–Crippen MR) is 56.8 cm³/mol. The van der Waals surface area contributed by atoms with Crippen LogP contribution in [0.5, 0.6) is 0 Å². The van der Waals surface area contributed by atoms with Crippen LogP contribution in [0.25, 0.3) is 0 Å². The van der Waals surface area contributed by atoms with Crippen molar-refractivity contribution in [1.29, 1.82) is 0 Å². The van der Waals surface area contributed by atoms with Crippen molar-refractivity contribution in [1.82, 2.24) is 0 Å². The van der Waals surface area contributed by atoms with E-state index in [1.165, 1.54) is 24.8 Å². The molecule has 0 nitrogen and oxygen atoms in total. The molecule has 0 aliphatic heterocycles. The predicted octanol–water partition coefficient (Wildman–Crippen LogP) is 4.08. The third kappa shape index (κ3) is 1.83. The summed E-state index contributed by atoms with van der Waals surface area (Å²) in [5.41, 5.74) is 1.38. The summed E-state index contributed by atoms with van der Waals surface area (Å²) in [6.07, 6.45) is 3.96. The first-order chi connectivity index (χ1) is 6.27. The van der Waals surface area contributed by atoms with Crippen molar-refractivity contribution in [2.24, 2.45) is 5.92 Å². The Bertz CT molecular complexity index is 276. The van der Waals surface area contributed by atoms with E-state index in [0.717, 1.165) is 10.9 Å². The Morgan fingerprint density at radius 3 is 2.54 bits per heavy atom. The van der Waals surface area contributed by atoms with Gasteiger partial charge in [-0.2, -0.15) is 0 Å². The Morgan fingerprint density at radius 2 is 2.00 bits per heavy atom. The van der Waals surface area contributed by atoms with Crippen molar-refractivity contribution in [2.45, 2.75) is 26.2 Å². The normalized spacial score (nSPS) is 22.3. The lowest BCUT2D eigenvalue weighted by molar-refractivity contribution is 0.657. The average Bonchev–Trinajstić information content (AvgIpc) is 2.53. The summed E-state index contributed by atoms with van der Waals surface area (Å²) in [6.45, 7) is 2.32. The average molecular weight is 194 g/mol. The maximum Gasteiger partial charge on any atom is 0.133 e. The summed E-state index contributed by atoms with van der Waals surface area (Å²) in [6, 6.07) is 8.24. The third-order valence-corrected chi connectivity index (χ3v) is 3.15. The zero-order valence-corrected chi connectivity index (χ0v) is 8.64. The molecule has 0 aromatic heterocycles. The van der Waals surface area contributed by atoms with Gasteiger partial charge in [-0.3, -0.25) is 0 Å². The molecule has 68 valence electrons. The minimum Gasteiger partial charge on any atom is -0.0818 e. The minimum absolute atomic E-state index is 0.765. The van der Waals surface area contributed by atoms with Crippen molar-refractivity contribution in [3.63, 3.8) is 0 Å². The second-order valence-electron chi connectivity index (χ2n) is 3.83. The molecule has 0 saturated heterocycles. The zero-order chi connectivity index (χ0) is 9.26. The fraction of sp³-hybridized carbons (Fsp3) is 0.417. The Morgan fingerprint density at radius 1 is 1.31 bits per heavy atom. The molecule has 0 amide bonds. The Hall–Kier alpha value is -0.620. The number of hydrogen-bond acceptors (Lipinski definition) is 0. The highest BCUT2D eigenvalue weighted by molar-refractivity contribution is 6.30. The monoisotopic (exact) mass is 193 g/mol. The first kappa shape index (κ1) is 8.96. The molecule has 1 aromatic carbocycles. The van der Waals surface area contributed by atoms with Gasteiger partial charge in [-0.05, 0) is 19.8 Å². The maximum absolute atomic E-state index is 5.85. The van der Waals surface area contributed by atoms with Crippen molar-refractivity contribution >= 4 is 11.6 Å². The van der Waals surface area contributed by atoms with E-state index in [1.54, 1.807) is 5.92 Å². The lowest BCUT2D eigenvalue weighted by atomic mass is 9.90. The van der Waals surface area contributed by atoms with E-state index in [0.29, 0.717) is 0 Å². The number of halogens is 1. The van der Waals surface area contributed by atoms with Gasteiger partial charge in [0.05, 0.1) is 5.02 Å². The van der Waals surface area contributed by atoms with Gasteiger partial charge in [0.15, 0.2) is 0 Å². The van der Waals surface area contributed by atoms with Crippen molar-refractivity contribution in [3.8, 4) is 0 Å². The van der Waals surface area contributed by atoms with Gasteiger partial charge in [-0.25, -0.2) is 0 Å². The van der Waals surface area contributed by atoms with Crippen LogP contribution in [-0.4, -0.2) is 0 Å². The number of rotatable bonds is 1. The van der Waals surface area contributed by atoms with Gasteiger partial charge >= 0.3 is 0 Å². The number of hydrogen-bond donors (Lipinski definition) is 0. The van der Waals surface area contributed by atoms with Crippen molar-refractivity contribution < 1.29 is 0 Å². The van der Waals surface area contributed by atoms with Gasteiger partial charge in [0.1, 0.15) is 5.56 Å². The van der Waals surface area contributed by atoms with E-state index in [1.807, 2.05) is 12.1 Å². The molecule has 13 heavy (non-hydrogen) atoms. The van der Waals surface area contributed by atoms with E-state index in [-0.39, 0.29) is 0 Å². The molecule has 1 fully saturated rings. The summed E-state index contributed by atoms with van der Waals surface area (Å²) >= 11 is 5.85. The molecule has 0 bridgehead atoms. The highest BCUT2D eigenvalue weighted by Gasteiger charge is 2.30. The summed E-state index contributed by atoms with van der Waals surface area (Å²) in [5, 5.41) is 0.829. The maximum atomic E-state index is 5.85. The second-order valence-corrected chi connectivity index (χ2v) is 4.26. The van der Waals surface area contributed by atoms with Gasteiger partial charge in [0.25, 0.3) is 0 Å². The smallest absolute Gasteiger partial charge is 0.0818 e. The van der Waals surface area contributed by atoms with Crippen LogP contribution in [0.4, 0.5) is 0 Å². The summed E-state index contributed by atoms with van der Waals surface area (Å²) in [7, 11) is 0. The Balaban J connectivity index is 2.20. The molecule has 0 spiro atoms. The highest BCUT2D eigenvalue weighted by atomic mass is 35.5. The van der Waals surface area contributed by atoms with E-state index in [9.17, 15) is 0 Å². The fourth-order valence-corrected chi connectivity index (χ4v) is 2.24. The van der Waals surface area contributed by atoms with Crippen molar-refractivity contribution in [3.05, 3.63) is 40.8 Å². The van der Waals surface area contributed by atoms with Gasteiger partial charge in [-0.15, -0.1) is 0 Å². The van der Waals surface area contributed by atoms with Gasteiger partial charge in [-0.1, -0.05) is 11.6 Å². The molecule has 2 rings (SSSR count). The van der Waals surface area contributed by atoms with Gasteiger partial charge in [0, 0.05) is 42.5 Å². The van der Waals surface area contributed by atoms with E-state index >= 15 is 0 Å². The molecule has 0 N–H and O–H groups in total. The lowest BCUT2D eigenvalue weighted by Gasteiger charge is -2.07. The van der Waals surface area contributed by atoms with Crippen molar-refractivity contribution in [2.75, 3.05) is 0 Å². The van der Waals surface area contributed by atoms with Crippen LogP contribution in [0.2, 0.25) is 5.02 Å². The van der Waals surface area contributed by atoms with Crippen LogP contribution >= 0.6 is 11.6 Å². The Labute approximate surface area is 84.9 Å². The number of benzene rings is 1. The minimum atomic E-state index is 0.765. The summed E-state index contributed by atoms with van der Waals surface area (Å²) in [4.78, 5) is 0.